The number of hydrogen-bond acceptors (Lipinski definition) is 6. The largest absolute Gasteiger partial charge is 0.489 e. The molecule has 8 heteroatoms. The maximum Gasteiger partial charge on any atom is 0.255 e. The lowest BCUT2D eigenvalue weighted by molar-refractivity contribution is -0.136. The number of imide groups is 1. The average Bonchev–Trinajstić information content (AvgIpc) is 3.39. The summed E-state index contributed by atoms with van der Waals surface area (Å²) in [5, 5.41) is 6.17. The monoisotopic (exact) mass is 455 g/mol. The van der Waals surface area contributed by atoms with Crippen LogP contribution < -0.4 is 15.4 Å². The predicted molar refractivity (Wildman–Crippen MR) is 121 cm³/mol. The van der Waals surface area contributed by atoms with Crippen LogP contribution in [0.3, 0.4) is 0 Å². The Morgan fingerprint density at radius 3 is 2.55 bits per heavy atom. The fourth-order valence-corrected chi connectivity index (χ4v) is 5.90. The molecule has 3 amide bonds. The first-order valence-corrected chi connectivity index (χ1v) is 12.3. The van der Waals surface area contributed by atoms with Gasteiger partial charge in [-0.25, -0.2) is 0 Å². The van der Waals surface area contributed by atoms with Crippen LogP contribution >= 0.6 is 0 Å². The van der Waals surface area contributed by atoms with Gasteiger partial charge in [-0.3, -0.25) is 19.7 Å². The van der Waals surface area contributed by atoms with Gasteiger partial charge in [-0.2, -0.15) is 0 Å². The van der Waals surface area contributed by atoms with Crippen molar-refractivity contribution in [2.24, 2.45) is 0 Å². The van der Waals surface area contributed by atoms with E-state index in [-0.39, 0.29) is 42.4 Å². The fraction of sp³-hybridized carbons (Fsp3) is 0.640. The van der Waals surface area contributed by atoms with Crippen molar-refractivity contribution in [3.63, 3.8) is 0 Å². The third-order valence-corrected chi connectivity index (χ3v) is 7.67. The Hall–Kier alpha value is -2.45. The van der Waals surface area contributed by atoms with Gasteiger partial charge in [0.25, 0.3) is 5.91 Å². The lowest BCUT2D eigenvalue weighted by Gasteiger charge is -2.35. The summed E-state index contributed by atoms with van der Waals surface area (Å²) in [6.45, 7) is 0.363. The molecule has 2 heterocycles. The van der Waals surface area contributed by atoms with Gasteiger partial charge in [0.15, 0.2) is 0 Å². The number of methoxy groups -OCH3 is 1. The van der Waals surface area contributed by atoms with Crippen LogP contribution in [0, 0.1) is 0 Å². The molecule has 5 rings (SSSR count). The standard InChI is InChI=1S/C25H33N3O5/c1-32-21-8-4-6-18(21)26-19-5-2-3-7-22(19)33-16-9-10-17-15(13-16)14-28(25(17)31)20-11-12-23(29)27-24(20)30/h9-10,13,18-22,26H,2-8,11-12,14H2,1H3,(H,27,29,30)/t18-,19-,20?,21-,22-/m0/s1. The van der Waals surface area contributed by atoms with Crippen LogP contribution in [0.1, 0.15) is 73.7 Å². The number of ether oxygens (including phenoxy) is 2. The van der Waals surface area contributed by atoms with Gasteiger partial charge in [-0.05, 0) is 68.7 Å². The van der Waals surface area contributed by atoms with Gasteiger partial charge in [0, 0.05) is 37.7 Å². The van der Waals surface area contributed by atoms with Gasteiger partial charge in [-0.15, -0.1) is 0 Å². The van der Waals surface area contributed by atoms with Crippen LogP contribution in [0.5, 0.6) is 5.75 Å². The lowest BCUT2D eigenvalue weighted by atomic mass is 9.91. The number of hydrogen-bond donors (Lipinski definition) is 2. The molecule has 0 spiro atoms. The molecule has 0 aromatic heterocycles. The van der Waals surface area contributed by atoms with E-state index < -0.39 is 6.04 Å². The van der Waals surface area contributed by atoms with E-state index in [2.05, 4.69) is 10.6 Å². The molecule has 2 N–H and O–H groups in total. The molecule has 1 aromatic rings. The van der Waals surface area contributed by atoms with Crippen LogP contribution in [-0.2, 0) is 20.9 Å². The highest BCUT2D eigenvalue weighted by molar-refractivity contribution is 6.05. The van der Waals surface area contributed by atoms with E-state index in [1.807, 2.05) is 18.2 Å². The van der Waals surface area contributed by atoms with E-state index in [1.165, 1.54) is 12.8 Å². The van der Waals surface area contributed by atoms with Crippen LogP contribution in [0.4, 0.5) is 0 Å². The molecule has 0 bridgehead atoms. The molecule has 1 aromatic carbocycles. The van der Waals surface area contributed by atoms with Crippen molar-refractivity contribution < 1.29 is 23.9 Å². The number of benzene rings is 1. The molecule has 33 heavy (non-hydrogen) atoms. The minimum atomic E-state index is -0.598. The highest BCUT2D eigenvalue weighted by atomic mass is 16.5. The van der Waals surface area contributed by atoms with Gasteiger partial charge in [0.2, 0.25) is 11.8 Å². The summed E-state index contributed by atoms with van der Waals surface area (Å²) in [5.74, 6) is -0.0578. The number of carbonyl (C=O) groups excluding carboxylic acids is 3. The van der Waals surface area contributed by atoms with Crippen LogP contribution in [0.15, 0.2) is 18.2 Å². The summed E-state index contributed by atoms with van der Waals surface area (Å²) in [7, 11) is 1.80. The third-order valence-electron chi connectivity index (χ3n) is 7.67. The Labute approximate surface area is 194 Å². The first-order chi connectivity index (χ1) is 16.0. The zero-order valence-corrected chi connectivity index (χ0v) is 19.2. The topological polar surface area (TPSA) is 97.0 Å². The van der Waals surface area contributed by atoms with Crippen molar-refractivity contribution in [2.75, 3.05) is 7.11 Å². The van der Waals surface area contributed by atoms with Gasteiger partial charge in [0.05, 0.1) is 6.10 Å². The smallest absolute Gasteiger partial charge is 0.255 e. The van der Waals surface area contributed by atoms with Gasteiger partial charge >= 0.3 is 0 Å². The second-order valence-corrected chi connectivity index (χ2v) is 9.74. The molecule has 1 unspecified atom stereocenters. The Balaban J connectivity index is 1.26. The Morgan fingerprint density at radius 1 is 0.970 bits per heavy atom. The van der Waals surface area contributed by atoms with E-state index in [9.17, 15) is 14.4 Å². The number of carbonyl (C=O) groups is 3. The molecule has 2 aliphatic carbocycles. The van der Waals surface area contributed by atoms with Crippen molar-refractivity contribution >= 4 is 17.7 Å². The predicted octanol–water partition coefficient (Wildman–Crippen LogP) is 2.29. The summed E-state index contributed by atoms with van der Waals surface area (Å²) in [6.07, 6.45) is 8.85. The van der Waals surface area contributed by atoms with E-state index in [4.69, 9.17) is 9.47 Å². The SMILES string of the molecule is CO[C@H]1CCC[C@@H]1N[C@H]1CCCC[C@@H]1Oc1ccc2c(c1)CN(C1CCC(=O)NC1=O)C2=O. The van der Waals surface area contributed by atoms with Crippen molar-refractivity contribution in [3.8, 4) is 5.75 Å². The maximum absolute atomic E-state index is 12.9. The highest BCUT2D eigenvalue weighted by Crippen LogP contribution is 2.32. The first kappa shape index (κ1) is 22.3. The molecule has 178 valence electrons. The summed E-state index contributed by atoms with van der Waals surface area (Å²) < 4.78 is 12.1. The number of fused-ring (bicyclic) bond motifs is 1. The van der Waals surface area contributed by atoms with Crippen LogP contribution in [0.2, 0.25) is 0 Å². The molecule has 2 aliphatic heterocycles. The number of amides is 3. The molecule has 0 radical (unpaired) electrons. The molecule has 2 saturated carbocycles. The number of piperidine rings is 1. The van der Waals surface area contributed by atoms with Gasteiger partial charge in [-0.1, -0.05) is 6.42 Å². The molecular weight excluding hydrogens is 422 g/mol. The first-order valence-electron chi connectivity index (χ1n) is 12.3. The highest BCUT2D eigenvalue weighted by Gasteiger charge is 2.39. The Kier molecular flexibility index (Phi) is 6.38. The summed E-state index contributed by atoms with van der Waals surface area (Å²) in [5.41, 5.74) is 1.48. The van der Waals surface area contributed by atoms with E-state index >= 15 is 0 Å². The van der Waals surface area contributed by atoms with Gasteiger partial charge in [0.1, 0.15) is 17.9 Å². The van der Waals surface area contributed by atoms with E-state index in [1.54, 1.807) is 12.0 Å². The Morgan fingerprint density at radius 2 is 1.73 bits per heavy atom. The van der Waals surface area contributed by atoms with Crippen molar-refractivity contribution in [2.45, 2.75) is 94.7 Å². The Bertz CT molecular complexity index is 935. The van der Waals surface area contributed by atoms with Gasteiger partial charge < -0.3 is 19.7 Å². The summed E-state index contributed by atoms with van der Waals surface area (Å²) >= 11 is 0. The number of rotatable bonds is 6. The van der Waals surface area contributed by atoms with Crippen LogP contribution in [-0.4, -0.2) is 60.1 Å². The minimum absolute atomic E-state index is 0.0817. The van der Waals surface area contributed by atoms with E-state index in [0.29, 0.717) is 24.6 Å². The third kappa shape index (κ3) is 4.51. The lowest BCUT2D eigenvalue weighted by Crippen LogP contribution is -2.52. The second kappa shape index (κ2) is 9.43. The normalized spacial score (nSPS) is 32.1. The maximum atomic E-state index is 12.9. The number of nitrogens with zero attached hydrogens (tertiary/aromatic N) is 1. The molecule has 1 saturated heterocycles. The molecule has 3 fully saturated rings. The van der Waals surface area contributed by atoms with Crippen molar-refractivity contribution in [1.29, 1.82) is 0 Å². The van der Waals surface area contributed by atoms with Crippen molar-refractivity contribution in [3.05, 3.63) is 29.3 Å². The van der Waals surface area contributed by atoms with Crippen LogP contribution in [0.25, 0.3) is 0 Å². The fourth-order valence-electron chi connectivity index (χ4n) is 5.90. The van der Waals surface area contributed by atoms with Crippen molar-refractivity contribution in [1.82, 2.24) is 15.5 Å². The summed E-state index contributed by atoms with van der Waals surface area (Å²) in [4.78, 5) is 38.3. The molecule has 5 atom stereocenters. The zero-order chi connectivity index (χ0) is 22.9. The summed E-state index contributed by atoms with van der Waals surface area (Å²) in [6, 6.07) is 5.68. The quantitative estimate of drug-likeness (QED) is 0.639. The second-order valence-electron chi connectivity index (χ2n) is 9.74. The number of nitrogens with one attached hydrogen (secondary N) is 2. The molecular formula is C25H33N3O5. The van der Waals surface area contributed by atoms with E-state index in [0.717, 1.165) is 43.4 Å². The molecule has 8 nitrogen and oxygen atoms in total. The minimum Gasteiger partial charge on any atom is -0.489 e. The molecule has 4 aliphatic rings. The zero-order valence-electron chi connectivity index (χ0n) is 19.2. The average molecular weight is 456 g/mol.